The van der Waals surface area contributed by atoms with Crippen LogP contribution in [0.25, 0.3) is 16.3 Å². The van der Waals surface area contributed by atoms with E-state index in [1.807, 2.05) is 42.5 Å². The molecular formula is C24H17N3O4S2. The van der Waals surface area contributed by atoms with Gasteiger partial charge in [-0.1, -0.05) is 42.1 Å². The van der Waals surface area contributed by atoms with Crippen LogP contribution in [0.3, 0.4) is 0 Å². The Morgan fingerprint density at radius 2 is 1.82 bits per heavy atom. The summed E-state index contributed by atoms with van der Waals surface area (Å²) in [6.07, 6.45) is 3.23. The lowest BCUT2D eigenvalue weighted by atomic mass is 10.1. The monoisotopic (exact) mass is 475 g/mol. The average molecular weight is 476 g/mol. The van der Waals surface area contributed by atoms with Gasteiger partial charge in [-0.3, -0.25) is 19.7 Å². The third-order valence-electron chi connectivity index (χ3n) is 4.59. The van der Waals surface area contributed by atoms with Crippen molar-refractivity contribution in [3.8, 4) is 0 Å². The van der Waals surface area contributed by atoms with E-state index in [1.54, 1.807) is 12.1 Å². The summed E-state index contributed by atoms with van der Waals surface area (Å²) in [6, 6.07) is 20.6. The van der Waals surface area contributed by atoms with Crippen molar-refractivity contribution in [2.24, 2.45) is 0 Å². The van der Waals surface area contributed by atoms with Crippen molar-refractivity contribution < 1.29 is 14.5 Å². The molecule has 3 aromatic carbocycles. The molecule has 0 aliphatic carbocycles. The smallest absolute Gasteiger partial charge is 0.269 e. The second-order valence-electron chi connectivity index (χ2n) is 6.91. The van der Waals surface area contributed by atoms with Gasteiger partial charge >= 0.3 is 0 Å². The van der Waals surface area contributed by atoms with Gasteiger partial charge in [0.15, 0.2) is 10.1 Å². The van der Waals surface area contributed by atoms with Crippen molar-refractivity contribution in [2.75, 3.05) is 11.1 Å². The number of fused-ring (bicyclic) bond motifs is 1. The summed E-state index contributed by atoms with van der Waals surface area (Å²) in [6.45, 7) is 0. The van der Waals surface area contributed by atoms with Gasteiger partial charge in [-0.15, -0.1) is 11.3 Å². The van der Waals surface area contributed by atoms with Gasteiger partial charge in [0.1, 0.15) is 0 Å². The molecule has 0 saturated carbocycles. The maximum Gasteiger partial charge on any atom is 0.269 e. The van der Waals surface area contributed by atoms with E-state index in [0.29, 0.717) is 11.3 Å². The molecule has 4 rings (SSSR count). The lowest BCUT2D eigenvalue weighted by Gasteiger charge is -2.01. The van der Waals surface area contributed by atoms with Gasteiger partial charge < -0.3 is 5.32 Å². The van der Waals surface area contributed by atoms with Crippen LogP contribution in [-0.2, 0) is 4.79 Å². The van der Waals surface area contributed by atoms with Gasteiger partial charge in [0, 0.05) is 29.5 Å². The van der Waals surface area contributed by atoms with Crippen LogP contribution < -0.4 is 5.32 Å². The summed E-state index contributed by atoms with van der Waals surface area (Å²) in [4.78, 5) is 39.4. The number of hydrogen-bond acceptors (Lipinski definition) is 7. The number of thioether (sulfide) groups is 1. The fourth-order valence-electron chi connectivity index (χ4n) is 2.94. The van der Waals surface area contributed by atoms with Gasteiger partial charge in [-0.05, 0) is 42.0 Å². The van der Waals surface area contributed by atoms with Gasteiger partial charge in [0.2, 0.25) is 5.91 Å². The van der Waals surface area contributed by atoms with E-state index in [-0.39, 0.29) is 23.1 Å². The number of hydrogen-bond donors (Lipinski definition) is 1. The molecule has 1 heterocycles. The molecule has 0 aliphatic heterocycles. The van der Waals surface area contributed by atoms with E-state index in [9.17, 15) is 19.7 Å². The number of carbonyl (C=O) groups is 2. The Hall–Kier alpha value is -3.82. The summed E-state index contributed by atoms with van der Waals surface area (Å²) < 4.78 is 1.62. The molecule has 1 N–H and O–H groups in total. The zero-order valence-electron chi connectivity index (χ0n) is 17.1. The Morgan fingerprint density at radius 1 is 1.06 bits per heavy atom. The highest BCUT2D eigenvalue weighted by Gasteiger charge is 2.12. The number of nitro groups is 1. The number of carbonyl (C=O) groups excluding carboxylic acids is 2. The van der Waals surface area contributed by atoms with Crippen molar-refractivity contribution >= 4 is 62.5 Å². The number of amides is 1. The number of nitro benzene ring substituents is 1. The molecule has 1 aromatic heterocycles. The highest BCUT2D eigenvalue weighted by atomic mass is 32.2. The number of anilines is 1. The predicted molar refractivity (Wildman–Crippen MR) is 132 cm³/mol. The largest absolute Gasteiger partial charge is 0.322 e. The average Bonchev–Trinajstić information content (AvgIpc) is 3.24. The minimum Gasteiger partial charge on any atom is -0.322 e. The van der Waals surface area contributed by atoms with Gasteiger partial charge in [0.25, 0.3) is 5.69 Å². The Morgan fingerprint density at radius 3 is 2.55 bits per heavy atom. The normalized spacial score (nSPS) is 11.0. The SMILES string of the molecule is O=C(C=Cc1ccccc1)Nc1ccc2nc(SCC(=O)c3ccc([N+](=O)[O-])cc3)sc2c1. The number of ketones is 1. The number of benzene rings is 3. The minimum absolute atomic E-state index is 0.0520. The lowest BCUT2D eigenvalue weighted by molar-refractivity contribution is -0.384. The second-order valence-corrected chi connectivity index (χ2v) is 9.16. The first kappa shape index (κ1) is 22.4. The highest BCUT2D eigenvalue weighted by Crippen LogP contribution is 2.31. The summed E-state index contributed by atoms with van der Waals surface area (Å²) in [5, 5.41) is 13.6. The molecule has 0 unspecified atom stereocenters. The summed E-state index contributed by atoms with van der Waals surface area (Å²) in [5.41, 5.74) is 2.75. The lowest BCUT2D eigenvalue weighted by Crippen LogP contribution is -2.07. The predicted octanol–water partition coefficient (Wildman–Crippen LogP) is 5.83. The molecule has 0 spiro atoms. The van der Waals surface area contributed by atoms with E-state index in [0.717, 1.165) is 20.1 Å². The Balaban J connectivity index is 1.37. The molecular weight excluding hydrogens is 458 g/mol. The quantitative estimate of drug-likeness (QED) is 0.113. The number of rotatable bonds is 8. The zero-order valence-corrected chi connectivity index (χ0v) is 18.8. The van der Waals surface area contributed by atoms with Crippen LogP contribution in [0.15, 0.2) is 83.2 Å². The molecule has 164 valence electrons. The van der Waals surface area contributed by atoms with Crippen LogP contribution >= 0.6 is 23.1 Å². The Bertz CT molecular complexity index is 1350. The summed E-state index contributed by atoms with van der Waals surface area (Å²) in [5.74, 6) is -0.191. The minimum atomic E-state index is -0.500. The molecule has 0 radical (unpaired) electrons. The van der Waals surface area contributed by atoms with Gasteiger partial charge in [-0.25, -0.2) is 4.98 Å². The molecule has 0 saturated heterocycles. The fraction of sp³-hybridized carbons (Fsp3) is 0.0417. The van der Waals surface area contributed by atoms with Crippen LogP contribution in [0.5, 0.6) is 0 Å². The Labute approximate surface area is 197 Å². The number of thiazole rings is 1. The van der Waals surface area contributed by atoms with Crippen LogP contribution in [0, 0.1) is 10.1 Å². The maximum absolute atomic E-state index is 12.4. The van der Waals surface area contributed by atoms with Crippen molar-refractivity contribution in [1.82, 2.24) is 4.98 Å². The van der Waals surface area contributed by atoms with Crippen LogP contribution in [0.4, 0.5) is 11.4 Å². The Kier molecular flexibility index (Phi) is 6.92. The van der Waals surface area contributed by atoms with Crippen molar-refractivity contribution in [3.05, 3.63) is 100 Å². The molecule has 1 amide bonds. The first-order valence-electron chi connectivity index (χ1n) is 9.83. The molecule has 33 heavy (non-hydrogen) atoms. The van der Waals surface area contributed by atoms with E-state index in [4.69, 9.17) is 0 Å². The number of Topliss-reactive ketones (excluding diaryl/α,β-unsaturated/α-hetero) is 1. The van der Waals surface area contributed by atoms with Crippen LogP contribution in [-0.4, -0.2) is 27.4 Å². The number of nitrogens with one attached hydrogen (secondary N) is 1. The van der Waals surface area contributed by atoms with E-state index in [1.165, 1.54) is 53.4 Å². The number of aromatic nitrogens is 1. The molecule has 4 aromatic rings. The fourth-order valence-corrected chi connectivity index (χ4v) is 4.94. The summed E-state index contributed by atoms with van der Waals surface area (Å²) >= 11 is 2.74. The van der Waals surface area contributed by atoms with E-state index in [2.05, 4.69) is 10.3 Å². The topological polar surface area (TPSA) is 102 Å². The second kappa shape index (κ2) is 10.2. The molecule has 7 nitrogen and oxygen atoms in total. The van der Waals surface area contributed by atoms with E-state index >= 15 is 0 Å². The third kappa shape index (κ3) is 5.91. The number of nitrogens with zero attached hydrogens (tertiary/aromatic N) is 2. The first-order chi connectivity index (χ1) is 16.0. The molecule has 0 atom stereocenters. The van der Waals surface area contributed by atoms with Crippen LogP contribution in [0.1, 0.15) is 15.9 Å². The van der Waals surface area contributed by atoms with Gasteiger partial charge in [0.05, 0.1) is 20.9 Å². The first-order valence-corrected chi connectivity index (χ1v) is 11.6. The molecule has 9 heteroatoms. The zero-order chi connectivity index (χ0) is 23.2. The standard InChI is InChI=1S/C24H17N3O4S2/c28-21(17-7-10-19(11-8-17)27(30)31)15-32-24-26-20-12-9-18(14-22(20)33-24)25-23(29)13-6-16-4-2-1-3-5-16/h1-14H,15H2,(H,25,29). The van der Waals surface area contributed by atoms with Gasteiger partial charge in [-0.2, -0.15) is 0 Å². The maximum atomic E-state index is 12.4. The van der Waals surface area contributed by atoms with Crippen molar-refractivity contribution in [1.29, 1.82) is 0 Å². The highest BCUT2D eigenvalue weighted by molar-refractivity contribution is 8.01. The van der Waals surface area contributed by atoms with Crippen LogP contribution in [0.2, 0.25) is 0 Å². The molecule has 0 aliphatic rings. The van der Waals surface area contributed by atoms with E-state index < -0.39 is 4.92 Å². The molecule has 0 bridgehead atoms. The summed E-state index contributed by atoms with van der Waals surface area (Å²) in [7, 11) is 0. The molecule has 0 fully saturated rings. The van der Waals surface area contributed by atoms with Crippen molar-refractivity contribution in [2.45, 2.75) is 4.34 Å². The number of non-ortho nitro benzene ring substituents is 1. The van der Waals surface area contributed by atoms with Crippen molar-refractivity contribution in [3.63, 3.8) is 0 Å². The third-order valence-corrected chi connectivity index (χ3v) is 6.75.